The van der Waals surface area contributed by atoms with Gasteiger partial charge in [0.25, 0.3) is 24.2 Å². The molecule has 3 atom stereocenters. The van der Waals surface area contributed by atoms with Crippen molar-refractivity contribution in [2.45, 2.75) is 179 Å². The molecule has 0 unspecified atom stereocenters. The first-order chi connectivity index (χ1) is 64.2. The Hall–Kier alpha value is -10.6. The van der Waals surface area contributed by atoms with E-state index in [1.54, 1.807) is 143 Å². The van der Waals surface area contributed by atoms with E-state index in [9.17, 15) is 33.9 Å². The Morgan fingerprint density at radius 1 is 0.496 bits per heavy atom. The normalized spacial score (nSPS) is 14.0. The molecule has 6 amide bonds. The van der Waals surface area contributed by atoms with E-state index in [0.29, 0.717) is 145 Å². The Labute approximate surface area is 948 Å². The number of ether oxygens (including phenoxy) is 4. The van der Waals surface area contributed by atoms with Gasteiger partial charge in [-0.3, -0.25) is 54.9 Å². The first-order valence-electron chi connectivity index (χ1n) is 42.1. The third kappa shape index (κ3) is 36.2. The van der Waals surface area contributed by atoms with Crippen LogP contribution in [-0.2, 0) is 24.0 Å². The predicted molar refractivity (Wildman–Crippen MR) is 529 cm³/mol. The molecule has 0 aliphatic carbocycles. The number of nitrogens with zero attached hydrogens (tertiary/aromatic N) is 18. The van der Waals surface area contributed by atoms with Crippen LogP contribution >= 0.6 is 46.4 Å². The van der Waals surface area contributed by atoms with Crippen molar-refractivity contribution in [2.24, 2.45) is 0 Å². The van der Waals surface area contributed by atoms with E-state index in [0.717, 1.165) is 74.9 Å². The van der Waals surface area contributed by atoms with Crippen LogP contribution in [0.25, 0.3) is 33.1 Å². The number of likely N-dealkylation sites (tertiary alicyclic amines) is 3. The van der Waals surface area contributed by atoms with Crippen LogP contribution in [0.4, 0.5) is 27.4 Å². The number of imidazole rings is 3. The number of phenols is 1. The minimum atomic E-state index is -0.626. The van der Waals surface area contributed by atoms with Gasteiger partial charge < -0.3 is 64.0 Å². The maximum atomic E-state index is 13.3. The van der Waals surface area contributed by atoms with Gasteiger partial charge in [0.05, 0.1) is 51.2 Å². The number of terminal acetylenes is 2. The number of allylic oxidation sites excluding steroid dienone is 1. The number of fused-ring (bicyclic) bond motifs is 3. The third-order valence-electron chi connectivity index (χ3n) is 19.6. The molecule has 0 bridgehead atoms. The number of amides is 6. The van der Waals surface area contributed by atoms with Gasteiger partial charge in [-0.25, -0.2) is 54.4 Å². The summed E-state index contributed by atoms with van der Waals surface area (Å²) in [4.78, 5) is 145. The average Bonchev–Trinajstić information content (AvgIpc) is 1.62. The molecule has 0 spiro atoms. The molecule has 3 aromatic carbocycles. The molecular formula is C98H113Cl4Cs2N21O14. The number of hydrogen-bond acceptors (Lipinski definition) is 26. The summed E-state index contributed by atoms with van der Waals surface area (Å²) in [6.45, 7) is 28.1. The molecule has 3 aliphatic heterocycles. The number of hydrogen-bond donors (Lipinski definition) is 4. The number of rotatable bonds is 15. The second-order valence-electron chi connectivity index (χ2n) is 31.9. The summed E-state index contributed by atoms with van der Waals surface area (Å²) >= 11 is 25.8. The molecule has 3 saturated heterocycles. The second-order valence-corrected chi connectivity index (χ2v) is 33.4. The quantitative estimate of drug-likeness (QED) is 0.0141. The van der Waals surface area contributed by atoms with Gasteiger partial charge in [-0.2, -0.15) is 0 Å². The summed E-state index contributed by atoms with van der Waals surface area (Å²) in [5.74, 6) is 9.75. The smallest absolute Gasteiger partial charge is 1.00 e. The van der Waals surface area contributed by atoms with Crippen molar-refractivity contribution in [3.05, 3.63) is 226 Å². The summed E-state index contributed by atoms with van der Waals surface area (Å²) in [5, 5.41) is 28.8. The molecule has 15 rings (SSSR count). The van der Waals surface area contributed by atoms with Crippen LogP contribution in [0.5, 0.6) is 29.0 Å². The van der Waals surface area contributed by atoms with Gasteiger partial charge in [-0.1, -0.05) is 81.3 Å². The van der Waals surface area contributed by atoms with Crippen LogP contribution in [0.1, 0.15) is 196 Å². The van der Waals surface area contributed by atoms with Gasteiger partial charge in [0.2, 0.25) is 35.5 Å². The summed E-state index contributed by atoms with van der Waals surface area (Å²) in [6.07, 6.45) is 32.7. The number of nitrogens with one attached hydrogen (secondary N) is 3. The van der Waals surface area contributed by atoms with E-state index < -0.39 is 11.2 Å². The molecule has 9 aromatic heterocycles. The minimum Gasteiger partial charge on any atom is -1.00 e. The van der Waals surface area contributed by atoms with E-state index in [1.165, 1.54) is 31.1 Å². The summed E-state index contributed by atoms with van der Waals surface area (Å²) in [7, 11) is 0. The molecule has 139 heavy (non-hydrogen) atoms. The molecule has 0 saturated carbocycles. The van der Waals surface area contributed by atoms with E-state index in [-0.39, 0.29) is 233 Å². The van der Waals surface area contributed by atoms with Crippen LogP contribution in [-0.4, -0.2) is 186 Å². The van der Waals surface area contributed by atoms with Crippen LogP contribution < -0.4 is 168 Å². The Morgan fingerprint density at radius 2 is 0.827 bits per heavy atom. The SMILES string of the molecule is C.C.C.C#CC#CC#C.C=CC.C=CC(=O)N1CCCC[C@@H](n2c(NC(=O)c3ccnc(C)c3)nc3ccc(Oc4ccncn4)c(Cl)c32)C1.Cc1cc(C(=O)Nc2nc3ccc(O)c(Cl)c3n2[C@@H]2CCCCN(C(=O)OC(C)(C)C)C2)ccn1.Cc1cc(C(=O)Nc2nc3ccc(Oc4ccncn4)c(Cl)c3n2[C@@H]2CCCCN(C(=O)OC(C)(C)C)C2)ccn1.Clc1ccncn1.O=CO[O-].[Cs+].[Cs+].[H-]. The van der Waals surface area contributed by atoms with Crippen molar-refractivity contribution in [3.63, 3.8) is 0 Å². The maximum absolute atomic E-state index is 13.3. The molecule has 3 fully saturated rings. The van der Waals surface area contributed by atoms with E-state index in [2.05, 4.69) is 108 Å². The van der Waals surface area contributed by atoms with Gasteiger partial charge in [0, 0.05) is 122 Å². The maximum Gasteiger partial charge on any atom is 1.00 e. The monoisotopic (exact) mass is 2210 g/mol. The molecule has 3 aliphatic rings. The van der Waals surface area contributed by atoms with Crippen molar-refractivity contribution < 1.29 is 207 Å². The summed E-state index contributed by atoms with van der Waals surface area (Å²) < 4.78 is 28.8. The summed E-state index contributed by atoms with van der Waals surface area (Å²) in [6, 6.07) is 24.3. The Kier molecular flexibility index (Phi) is 52.0. The average molecular weight is 2220 g/mol. The second kappa shape index (κ2) is 59.9. The Bertz CT molecular complexity index is 6280. The van der Waals surface area contributed by atoms with Crippen molar-refractivity contribution in [1.82, 2.24) is 88.2 Å². The van der Waals surface area contributed by atoms with Crippen LogP contribution in [0.2, 0.25) is 20.2 Å². The minimum absolute atomic E-state index is 0. The fourth-order valence-corrected chi connectivity index (χ4v) is 14.9. The predicted octanol–water partition coefficient (Wildman–Crippen LogP) is 13.5. The van der Waals surface area contributed by atoms with Crippen molar-refractivity contribution in [3.8, 4) is 65.5 Å². The molecular weight excluding hydrogens is 2100 g/mol. The van der Waals surface area contributed by atoms with Gasteiger partial charge in [0.1, 0.15) is 67.7 Å². The molecule has 4 N–H and O–H groups in total. The molecule has 12 heterocycles. The molecule has 12 aromatic rings. The largest absolute Gasteiger partial charge is 1.00 e. The molecule has 724 valence electrons. The van der Waals surface area contributed by atoms with Crippen molar-refractivity contribution in [2.75, 3.05) is 55.2 Å². The number of pyridine rings is 3. The number of phenolic OH excluding ortho intramolecular Hbond substituents is 1. The number of carbonyl (C=O) groups excluding carboxylic acids is 7. The molecule has 35 nitrogen and oxygen atoms in total. The fourth-order valence-electron chi connectivity index (χ4n) is 14.0. The van der Waals surface area contributed by atoms with Gasteiger partial charge in [-0.05, 0) is 236 Å². The van der Waals surface area contributed by atoms with Crippen LogP contribution in [0, 0.1) is 57.3 Å². The van der Waals surface area contributed by atoms with E-state index >= 15 is 0 Å². The first-order valence-corrected chi connectivity index (χ1v) is 43.6. The van der Waals surface area contributed by atoms with Crippen LogP contribution in [0.3, 0.4) is 0 Å². The number of aryl methyl sites for hydroxylation is 3. The number of halogens is 4. The number of anilines is 3. The van der Waals surface area contributed by atoms with E-state index in [4.69, 9.17) is 98.2 Å². The zero-order valence-corrected chi connectivity index (χ0v) is 92.9. The zero-order valence-electron chi connectivity index (χ0n) is 78.3. The number of aromatic nitrogens is 15. The van der Waals surface area contributed by atoms with Gasteiger partial charge >= 0.3 is 150 Å². The van der Waals surface area contributed by atoms with Gasteiger partial charge in [-0.15, -0.1) is 19.4 Å². The van der Waals surface area contributed by atoms with E-state index in [1.807, 2.05) is 82.9 Å². The molecule has 0 radical (unpaired) electrons. The number of carbonyl (C=O) groups is 7. The Morgan fingerprint density at radius 3 is 1.12 bits per heavy atom. The number of aromatic hydroxyl groups is 1. The fraction of sp³-hybridized carbons (Fsp3) is 0.337. The van der Waals surface area contributed by atoms with Crippen molar-refractivity contribution >= 4 is 140 Å². The number of benzene rings is 3. The van der Waals surface area contributed by atoms with Gasteiger partial charge in [0.15, 0.2) is 0 Å². The zero-order chi connectivity index (χ0) is 97.2. The first kappa shape index (κ1) is 121. The standard InChI is InChI=1S/C29H32ClN7O4.C27H26ClN7O3.C25H30ClN5O4.C6H2.C4H3ClN2.C3H6.CH2O3.3CH4.2Cs.H/c1-18-15-19(10-13-32-18)26(38)35-27-34-21-8-9-22(40-23-11-12-31-17-33-23)24(30)25(21)37(27)20-7-5-6-14-36(16-20)28(39)41-29(2,3)4;1-3-23(36)34-13-5-4-6-19(15-34)35-25-20(7-8-21(24(25)28)38-22-10-11-29-16-31-22)32-27(35)33-26(37)18-9-12-30-17(2)14-18;1-15-13-16(10-11-27-15)22(33)29-23-28-18-8-9-19(32)20(26)21(18)31(23)17-7-5-6-12-30(14-17)24(34)35-25(2,3)4;1-3-5-6-4-2;5-4-1-2-6-3-7-4;1-3-2;2-1-4-3;;;;;;/h8-13,15,17,20H,5-7,14,16H2,1-4H3,(H,34,35,38);3,7-12,14,16,19H,1,4-6,13,15H2,2H3,(H,32,33,37);8-11,13,17,32H,5-7,12,14H2,1-4H3,(H,28,29,33);1-2H;1-3H;3H,1H2,2H3;1,3H;3*1H4;;;/q;;;;;;;;;;2*+1;-1/p-1/t20-;19-;17-;;;;;;;;;;/m111........../s1. The third-order valence-corrected chi connectivity index (χ3v) is 20.9. The van der Waals surface area contributed by atoms with Crippen LogP contribution in [0.15, 0.2) is 172 Å². The topological polar surface area (TPSA) is 424 Å². The summed E-state index contributed by atoms with van der Waals surface area (Å²) in [5.41, 5.74) is 5.63. The molecule has 41 heteroatoms. The van der Waals surface area contributed by atoms with Crippen molar-refractivity contribution in [1.29, 1.82) is 0 Å². The Balaban J connectivity index is 0.000000481.